The largest absolute Gasteiger partial charge is 0.507 e. The molecule has 0 amide bonds. The zero-order valence-electron chi connectivity index (χ0n) is 6.61. The Balaban J connectivity index is 4.32. The van der Waals surface area contributed by atoms with Crippen molar-refractivity contribution < 1.29 is 5.11 Å². The molecule has 0 rings (SSSR count). The van der Waals surface area contributed by atoms with E-state index >= 15 is 0 Å². The van der Waals surface area contributed by atoms with Crippen molar-refractivity contribution in [1.82, 2.24) is 0 Å². The van der Waals surface area contributed by atoms with Crippen LogP contribution in [0.1, 0.15) is 20.8 Å². The number of aliphatic hydroxyl groups is 1. The summed E-state index contributed by atoms with van der Waals surface area (Å²) in [6, 6.07) is 0. The molecule has 0 aromatic rings. The maximum absolute atomic E-state index is 8.87. The number of hydrogen-bond donors (Lipinski definition) is 1. The lowest BCUT2D eigenvalue weighted by Crippen LogP contribution is -2.00. The summed E-state index contributed by atoms with van der Waals surface area (Å²) >= 11 is 3.19. The summed E-state index contributed by atoms with van der Waals surface area (Å²) in [5, 5.41) is 8.87. The van der Waals surface area contributed by atoms with Gasteiger partial charge in [-0.25, -0.2) is 0 Å². The van der Waals surface area contributed by atoms with Gasteiger partial charge in [0.05, 0.1) is 4.48 Å². The van der Waals surface area contributed by atoms with Crippen molar-refractivity contribution in [3.05, 3.63) is 22.9 Å². The number of rotatable bonds is 1. The first kappa shape index (κ1) is 9.76. The first-order valence-corrected chi connectivity index (χ1v) is 3.89. The van der Waals surface area contributed by atoms with E-state index in [1.165, 1.54) is 0 Å². The van der Waals surface area contributed by atoms with Crippen LogP contribution in [0.4, 0.5) is 0 Å². The minimum atomic E-state index is 0.0739. The molecule has 0 unspecified atom stereocenters. The Morgan fingerprint density at radius 2 is 1.90 bits per heavy atom. The van der Waals surface area contributed by atoms with E-state index in [0.717, 1.165) is 0 Å². The predicted octanol–water partition coefficient (Wildman–Crippen LogP) is 3.38. The van der Waals surface area contributed by atoms with Crippen molar-refractivity contribution in [2.45, 2.75) is 20.8 Å². The molecule has 0 saturated heterocycles. The summed E-state index contributed by atoms with van der Waals surface area (Å²) in [5.41, 5.74) is 0.0739. The van der Waals surface area contributed by atoms with Crippen LogP contribution in [0.3, 0.4) is 0 Å². The molecule has 2 heteroatoms. The van der Waals surface area contributed by atoms with E-state index in [9.17, 15) is 0 Å². The second-order valence-corrected chi connectivity index (χ2v) is 4.16. The van der Waals surface area contributed by atoms with Crippen LogP contribution in [-0.4, -0.2) is 5.11 Å². The van der Waals surface area contributed by atoms with Gasteiger partial charge in [0, 0.05) is 0 Å². The maximum atomic E-state index is 8.87. The molecule has 10 heavy (non-hydrogen) atoms. The smallest absolute Gasteiger partial charge is 0.122 e. The first-order chi connectivity index (χ1) is 4.33. The third-order valence-electron chi connectivity index (χ3n) is 0.835. The van der Waals surface area contributed by atoms with Gasteiger partial charge in [-0.1, -0.05) is 33.4 Å². The quantitative estimate of drug-likeness (QED) is 0.513. The number of hydrogen-bond acceptors (Lipinski definition) is 1. The fourth-order valence-electron chi connectivity index (χ4n) is 0.463. The van der Waals surface area contributed by atoms with Gasteiger partial charge in [-0.3, -0.25) is 0 Å². The molecule has 0 saturated carbocycles. The topological polar surface area (TPSA) is 20.2 Å². The van der Waals surface area contributed by atoms with Crippen molar-refractivity contribution in [3.63, 3.8) is 0 Å². The molecule has 0 heterocycles. The molecule has 0 aromatic carbocycles. The summed E-state index contributed by atoms with van der Waals surface area (Å²) < 4.78 is 0.667. The van der Waals surface area contributed by atoms with Gasteiger partial charge in [-0.15, -0.1) is 0 Å². The minimum absolute atomic E-state index is 0.0739. The average molecular weight is 205 g/mol. The zero-order chi connectivity index (χ0) is 8.36. The summed E-state index contributed by atoms with van der Waals surface area (Å²) in [5.74, 6) is 0.0786. The van der Waals surface area contributed by atoms with Crippen molar-refractivity contribution >= 4 is 15.9 Å². The molecule has 0 fully saturated rings. The van der Waals surface area contributed by atoms with E-state index in [-0.39, 0.29) is 11.2 Å². The minimum Gasteiger partial charge on any atom is -0.507 e. The Hall–Kier alpha value is -0.240. The second-order valence-electron chi connectivity index (χ2n) is 3.30. The van der Waals surface area contributed by atoms with Crippen LogP contribution in [0.2, 0.25) is 0 Å². The molecule has 58 valence electrons. The van der Waals surface area contributed by atoms with Crippen LogP contribution in [0.5, 0.6) is 0 Å². The van der Waals surface area contributed by atoms with E-state index in [2.05, 4.69) is 43.3 Å². The van der Waals surface area contributed by atoms with E-state index < -0.39 is 0 Å². The highest BCUT2D eigenvalue weighted by atomic mass is 79.9. The fourth-order valence-corrected chi connectivity index (χ4v) is 1.15. The molecule has 0 aromatic heterocycles. The van der Waals surface area contributed by atoms with E-state index in [1.807, 2.05) is 6.08 Å². The summed E-state index contributed by atoms with van der Waals surface area (Å²) in [4.78, 5) is 0. The summed E-state index contributed by atoms with van der Waals surface area (Å²) in [6.07, 6.45) is 1.91. The average Bonchev–Trinajstić information content (AvgIpc) is 1.60. The van der Waals surface area contributed by atoms with Gasteiger partial charge in [0.15, 0.2) is 0 Å². The van der Waals surface area contributed by atoms with Crippen LogP contribution in [0, 0.1) is 5.41 Å². The molecular weight excluding hydrogens is 192 g/mol. The standard InChI is InChI=1S/C8H13BrO/c1-6(10)7(9)5-8(2,3)4/h5,10H,1H2,2-4H3/b7-5+. The molecule has 0 aliphatic carbocycles. The lowest BCUT2D eigenvalue weighted by atomic mass is 9.96. The highest BCUT2D eigenvalue weighted by Gasteiger charge is 2.07. The highest BCUT2D eigenvalue weighted by Crippen LogP contribution is 2.23. The molecule has 0 aliphatic rings. The van der Waals surface area contributed by atoms with E-state index in [0.29, 0.717) is 4.48 Å². The zero-order valence-corrected chi connectivity index (χ0v) is 8.20. The Morgan fingerprint density at radius 1 is 1.50 bits per heavy atom. The molecule has 0 atom stereocenters. The fraction of sp³-hybridized carbons (Fsp3) is 0.500. The monoisotopic (exact) mass is 204 g/mol. The van der Waals surface area contributed by atoms with E-state index in [4.69, 9.17) is 5.11 Å². The van der Waals surface area contributed by atoms with Gasteiger partial charge in [-0.2, -0.15) is 0 Å². The molecule has 0 aliphatic heterocycles. The van der Waals surface area contributed by atoms with Crippen LogP contribution in [0.15, 0.2) is 22.9 Å². The van der Waals surface area contributed by atoms with Crippen molar-refractivity contribution in [3.8, 4) is 0 Å². The van der Waals surface area contributed by atoms with Crippen LogP contribution in [-0.2, 0) is 0 Å². The number of halogens is 1. The molecule has 1 N–H and O–H groups in total. The Kier molecular flexibility index (Phi) is 3.16. The first-order valence-electron chi connectivity index (χ1n) is 3.09. The van der Waals surface area contributed by atoms with Gasteiger partial charge in [-0.05, 0) is 21.3 Å². The highest BCUT2D eigenvalue weighted by molar-refractivity contribution is 9.11. The van der Waals surface area contributed by atoms with Crippen molar-refractivity contribution in [1.29, 1.82) is 0 Å². The SMILES string of the molecule is C=C(O)/C(Br)=C\C(C)(C)C. The van der Waals surface area contributed by atoms with Gasteiger partial charge in [0.25, 0.3) is 0 Å². The third kappa shape index (κ3) is 4.62. The molecule has 0 bridgehead atoms. The van der Waals surface area contributed by atoms with Gasteiger partial charge in [0.2, 0.25) is 0 Å². The van der Waals surface area contributed by atoms with E-state index in [1.54, 1.807) is 0 Å². The van der Waals surface area contributed by atoms with Gasteiger partial charge in [0.1, 0.15) is 5.76 Å². The van der Waals surface area contributed by atoms with Crippen molar-refractivity contribution in [2.75, 3.05) is 0 Å². The van der Waals surface area contributed by atoms with Crippen LogP contribution < -0.4 is 0 Å². The Morgan fingerprint density at radius 3 is 2.00 bits per heavy atom. The normalized spacial score (nSPS) is 13.4. The molecule has 0 radical (unpaired) electrons. The summed E-state index contributed by atoms with van der Waals surface area (Å²) in [7, 11) is 0. The lowest BCUT2D eigenvalue weighted by Gasteiger charge is -2.12. The van der Waals surface area contributed by atoms with Crippen molar-refractivity contribution in [2.24, 2.45) is 5.41 Å². The predicted molar refractivity (Wildman–Crippen MR) is 48.2 cm³/mol. The molecule has 0 spiro atoms. The second kappa shape index (κ2) is 3.24. The van der Waals surface area contributed by atoms with Crippen LogP contribution >= 0.6 is 15.9 Å². The number of aliphatic hydroxyl groups excluding tert-OH is 1. The van der Waals surface area contributed by atoms with Crippen LogP contribution in [0.25, 0.3) is 0 Å². The Labute approximate surface area is 70.6 Å². The number of allylic oxidation sites excluding steroid dienone is 2. The molecular formula is C8H13BrO. The molecule has 1 nitrogen and oxygen atoms in total. The third-order valence-corrected chi connectivity index (χ3v) is 1.52. The Bertz CT molecular complexity index is 163. The maximum Gasteiger partial charge on any atom is 0.122 e. The lowest BCUT2D eigenvalue weighted by molar-refractivity contribution is 0.429. The summed E-state index contributed by atoms with van der Waals surface area (Å²) in [6.45, 7) is 9.54. The van der Waals surface area contributed by atoms with Gasteiger partial charge < -0.3 is 5.11 Å². The van der Waals surface area contributed by atoms with Gasteiger partial charge >= 0.3 is 0 Å².